The second-order valence-corrected chi connectivity index (χ2v) is 4.45. The summed E-state index contributed by atoms with van der Waals surface area (Å²) < 4.78 is 0. The van der Waals surface area contributed by atoms with Gasteiger partial charge in [-0.25, -0.2) is 4.90 Å². The van der Waals surface area contributed by atoms with Crippen molar-refractivity contribution in [2.75, 3.05) is 0 Å². The van der Waals surface area contributed by atoms with Crippen LogP contribution in [0.2, 0.25) is 0 Å². The molecule has 0 spiro atoms. The molecule has 0 bridgehead atoms. The highest BCUT2D eigenvalue weighted by Crippen LogP contribution is 2.23. The van der Waals surface area contributed by atoms with Gasteiger partial charge in [0.15, 0.2) is 0 Å². The van der Waals surface area contributed by atoms with Crippen LogP contribution in [0.3, 0.4) is 0 Å². The maximum absolute atomic E-state index is 9.75. The van der Waals surface area contributed by atoms with Crippen molar-refractivity contribution in [1.82, 2.24) is 4.90 Å². The van der Waals surface area contributed by atoms with Crippen LogP contribution in [0.1, 0.15) is 41.5 Å². The molecular formula is C9H21NO2. The molecule has 0 saturated carbocycles. The van der Waals surface area contributed by atoms with Gasteiger partial charge in [0, 0.05) is 6.04 Å². The maximum Gasteiger partial charge on any atom is 0.115 e. The Hall–Kier alpha value is -0.120. The van der Waals surface area contributed by atoms with E-state index in [9.17, 15) is 10.2 Å². The van der Waals surface area contributed by atoms with E-state index in [2.05, 4.69) is 0 Å². The van der Waals surface area contributed by atoms with Crippen LogP contribution in [-0.2, 0) is 0 Å². The van der Waals surface area contributed by atoms with Gasteiger partial charge in [0.25, 0.3) is 0 Å². The second-order valence-electron chi connectivity index (χ2n) is 4.45. The smallest absolute Gasteiger partial charge is 0.115 e. The Morgan fingerprint density at radius 2 is 1.17 bits per heavy atom. The molecule has 0 aromatic heterocycles. The zero-order valence-electron chi connectivity index (χ0n) is 8.92. The standard InChI is InChI=1S/C9H21NO2/c1-7(2)10(8(3,4)11)9(5,6)12/h7,11-12H,1-6H3. The highest BCUT2D eigenvalue weighted by Gasteiger charge is 2.36. The van der Waals surface area contributed by atoms with Crippen molar-refractivity contribution in [1.29, 1.82) is 0 Å². The zero-order chi connectivity index (χ0) is 10.2. The fourth-order valence-electron chi connectivity index (χ4n) is 1.93. The Kier molecular flexibility index (Phi) is 3.29. The lowest BCUT2D eigenvalue weighted by Crippen LogP contribution is -2.58. The Balaban J connectivity index is 4.70. The van der Waals surface area contributed by atoms with Gasteiger partial charge in [0.1, 0.15) is 11.4 Å². The summed E-state index contributed by atoms with van der Waals surface area (Å²) in [6, 6.07) is 0.102. The molecule has 0 rings (SSSR count). The highest BCUT2D eigenvalue weighted by molar-refractivity contribution is 4.80. The molecule has 0 aliphatic rings. The Morgan fingerprint density at radius 3 is 1.17 bits per heavy atom. The molecule has 0 radical (unpaired) electrons. The van der Waals surface area contributed by atoms with Gasteiger partial charge in [-0.3, -0.25) is 0 Å². The third-order valence-corrected chi connectivity index (χ3v) is 1.70. The van der Waals surface area contributed by atoms with Crippen molar-refractivity contribution in [3.05, 3.63) is 0 Å². The van der Waals surface area contributed by atoms with Gasteiger partial charge in [-0.15, -0.1) is 0 Å². The summed E-state index contributed by atoms with van der Waals surface area (Å²) >= 11 is 0. The van der Waals surface area contributed by atoms with E-state index in [-0.39, 0.29) is 6.04 Å². The minimum absolute atomic E-state index is 0.102. The average Bonchev–Trinajstić information content (AvgIpc) is 1.49. The predicted octanol–water partition coefficient (Wildman–Crippen LogP) is 1.15. The topological polar surface area (TPSA) is 43.7 Å². The summed E-state index contributed by atoms with van der Waals surface area (Å²) in [5, 5.41) is 19.5. The summed E-state index contributed by atoms with van der Waals surface area (Å²) in [5.74, 6) is 0. The largest absolute Gasteiger partial charge is 0.376 e. The quantitative estimate of drug-likeness (QED) is 0.632. The van der Waals surface area contributed by atoms with E-state index in [0.29, 0.717) is 0 Å². The molecule has 0 aromatic carbocycles. The molecule has 0 unspecified atom stereocenters. The number of hydrogen-bond donors (Lipinski definition) is 2. The van der Waals surface area contributed by atoms with Crippen molar-refractivity contribution >= 4 is 0 Å². The van der Waals surface area contributed by atoms with Gasteiger partial charge in [-0.2, -0.15) is 0 Å². The van der Waals surface area contributed by atoms with Crippen molar-refractivity contribution in [3.63, 3.8) is 0 Å². The average molecular weight is 175 g/mol. The fourth-order valence-corrected chi connectivity index (χ4v) is 1.93. The molecule has 0 aliphatic carbocycles. The molecule has 74 valence electrons. The first-order chi connectivity index (χ1) is 5.07. The SMILES string of the molecule is CC(C)N(C(C)(C)O)C(C)(C)O. The second kappa shape index (κ2) is 3.32. The van der Waals surface area contributed by atoms with E-state index in [1.54, 1.807) is 32.6 Å². The minimum atomic E-state index is -0.994. The third-order valence-electron chi connectivity index (χ3n) is 1.70. The molecule has 0 atom stereocenters. The van der Waals surface area contributed by atoms with Crippen LogP contribution in [-0.4, -0.2) is 32.6 Å². The lowest BCUT2D eigenvalue weighted by atomic mass is 10.1. The van der Waals surface area contributed by atoms with E-state index in [1.165, 1.54) is 0 Å². The Bertz CT molecular complexity index is 128. The summed E-state index contributed by atoms with van der Waals surface area (Å²) in [6.45, 7) is 10.6. The lowest BCUT2D eigenvalue weighted by molar-refractivity contribution is -0.213. The van der Waals surface area contributed by atoms with E-state index in [1.807, 2.05) is 13.8 Å². The van der Waals surface area contributed by atoms with E-state index < -0.39 is 11.4 Å². The number of rotatable bonds is 3. The Morgan fingerprint density at radius 1 is 0.917 bits per heavy atom. The van der Waals surface area contributed by atoms with Crippen LogP contribution in [0.5, 0.6) is 0 Å². The van der Waals surface area contributed by atoms with Crippen LogP contribution in [0, 0.1) is 0 Å². The zero-order valence-corrected chi connectivity index (χ0v) is 8.92. The van der Waals surface area contributed by atoms with Crippen LogP contribution in [0.25, 0.3) is 0 Å². The molecule has 2 N–H and O–H groups in total. The van der Waals surface area contributed by atoms with E-state index in [0.717, 1.165) is 0 Å². The van der Waals surface area contributed by atoms with Gasteiger partial charge in [0.05, 0.1) is 0 Å². The molecule has 0 amide bonds. The molecule has 12 heavy (non-hydrogen) atoms. The molecule has 0 fully saturated rings. The van der Waals surface area contributed by atoms with Crippen molar-refractivity contribution in [2.45, 2.75) is 59.0 Å². The van der Waals surface area contributed by atoms with Gasteiger partial charge >= 0.3 is 0 Å². The first-order valence-corrected chi connectivity index (χ1v) is 4.31. The van der Waals surface area contributed by atoms with Gasteiger partial charge in [-0.05, 0) is 41.5 Å². The molecule has 3 nitrogen and oxygen atoms in total. The first-order valence-electron chi connectivity index (χ1n) is 4.31. The summed E-state index contributed by atoms with van der Waals surface area (Å²) in [5.41, 5.74) is -1.99. The molecule has 0 aliphatic heterocycles. The van der Waals surface area contributed by atoms with Crippen molar-refractivity contribution in [2.24, 2.45) is 0 Å². The fraction of sp³-hybridized carbons (Fsp3) is 1.00. The number of hydrogen-bond acceptors (Lipinski definition) is 3. The number of nitrogens with zero attached hydrogens (tertiary/aromatic N) is 1. The highest BCUT2D eigenvalue weighted by atomic mass is 16.3. The van der Waals surface area contributed by atoms with Gasteiger partial charge in [-0.1, -0.05) is 0 Å². The maximum atomic E-state index is 9.75. The Labute approximate surface area is 75.0 Å². The van der Waals surface area contributed by atoms with Gasteiger partial charge in [0.2, 0.25) is 0 Å². The predicted molar refractivity (Wildman–Crippen MR) is 49.6 cm³/mol. The summed E-state index contributed by atoms with van der Waals surface area (Å²) in [4.78, 5) is 1.65. The molecule has 0 heterocycles. The van der Waals surface area contributed by atoms with Crippen LogP contribution < -0.4 is 0 Å². The normalized spacial score (nSPS) is 14.5. The van der Waals surface area contributed by atoms with Crippen molar-refractivity contribution < 1.29 is 10.2 Å². The third kappa shape index (κ3) is 3.09. The van der Waals surface area contributed by atoms with E-state index in [4.69, 9.17) is 0 Å². The number of aliphatic hydroxyl groups is 2. The summed E-state index contributed by atoms with van der Waals surface area (Å²) in [7, 11) is 0. The molecule has 0 saturated heterocycles. The van der Waals surface area contributed by atoms with Crippen molar-refractivity contribution in [3.8, 4) is 0 Å². The van der Waals surface area contributed by atoms with Gasteiger partial charge < -0.3 is 10.2 Å². The molecule has 0 aromatic rings. The monoisotopic (exact) mass is 175 g/mol. The molecule has 3 heteroatoms. The molecular weight excluding hydrogens is 154 g/mol. The first kappa shape index (κ1) is 11.9. The van der Waals surface area contributed by atoms with Crippen LogP contribution >= 0.6 is 0 Å². The lowest BCUT2D eigenvalue weighted by Gasteiger charge is -2.45. The van der Waals surface area contributed by atoms with Crippen LogP contribution in [0.15, 0.2) is 0 Å². The van der Waals surface area contributed by atoms with Crippen LogP contribution in [0.4, 0.5) is 0 Å². The minimum Gasteiger partial charge on any atom is -0.376 e. The van der Waals surface area contributed by atoms with E-state index >= 15 is 0 Å². The summed E-state index contributed by atoms with van der Waals surface area (Å²) in [6.07, 6.45) is 0.